The summed E-state index contributed by atoms with van der Waals surface area (Å²) in [5, 5.41) is 11.2. The first-order chi connectivity index (χ1) is 13.5. The molecule has 28 heavy (non-hydrogen) atoms. The summed E-state index contributed by atoms with van der Waals surface area (Å²) < 4.78 is 0. The van der Waals surface area contributed by atoms with E-state index < -0.39 is 0 Å². The Kier molecular flexibility index (Phi) is 5.71. The fraction of sp³-hybridized carbons (Fsp3) is 0.762. The van der Waals surface area contributed by atoms with Crippen LogP contribution in [0.4, 0.5) is 0 Å². The highest BCUT2D eigenvalue weighted by Gasteiger charge is 2.39. The van der Waals surface area contributed by atoms with Crippen LogP contribution in [0, 0.1) is 11.8 Å². The summed E-state index contributed by atoms with van der Waals surface area (Å²) in [6, 6.07) is 0.398. The molecule has 3 atom stereocenters. The number of nitrogens with zero attached hydrogens (tertiary/aromatic N) is 3. The van der Waals surface area contributed by atoms with Gasteiger partial charge in [0.15, 0.2) is 5.69 Å². The molecule has 4 rings (SSSR count). The quantitative estimate of drug-likeness (QED) is 0.804. The van der Waals surface area contributed by atoms with E-state index in [1.165, 1.54) is 12.8 Å². The van der Waals surface area contributed by atoms with Crippen molar-refractivity contribution in [3.63, 3.8) is 0 Å². The molecule has 0 spiro atoms. The van der Waals surface area contributed by atoms with Gasteiger partial charge in [0.05, 0.1) is 0 Å². The third-order valence-electron chi connectivity index (χ3n) is 6.76. The van der Waals surface area contributed by atoms with Gasteiger partial charge < -0.3 is 15.1 Å². The van der Waals surface area contributed by atoms with Gasteiger partial charge in [-0.15, -0.1) is 0 Å². The normalized spacial score (nSPS) is 26.6. The maximum absolute atomic E-state index is 13.2. The van der Waals surface area contributed by atoms with E-state index in [1.807, 2.05) is 19.0 Å². The molecule has 2 fully saturated rings. The van der Waals surface area contributed by atoms with Crippen LogP contribution in [0.3, 0.4) is 0 Å². The van der Waals surface area contributed by atoms with Gasteiger partial charge in [-0.05, 0) is 63.3 Å². The Morgan fingerprint density at radius 1 is 1.21 bits per heavy atom. The maximum Gasteiger partial charge on any atom is 0.274 e. The van der Waals surface area contributed by atoms with Crippen molar-refractivity contribution in [2.45, 2.75) is 57.4 Å². The number of carbonyl (C=O) groups excluding carboxylic acids is 2. The molecule has 0 unspecified atom stereocenters. The van der Waals surface area contributed by atoms with Crippen molar-refractivity contribution in [3.05, 3.63) is 17.0 Å². The SMILES string of the molecule is CN(C)C(=O)CCC[C@H]1NC[C@@H]2C[C@@H]1CN(C(=O)c1n[nH]c3c1CCCC3)C2. The van der Waals surface area contributed by atoms with E-state index in [2.05, 4.69) is 15.5 Å². The average molecular weight is 388 g/mol. The highest BCUT2D eigenvalue weighted by Crippen LogP contribution is 2.32. The Hall–Kier alpha value is -1.89. The average Bonchev–Trinajstić information content (AvgIpc) is 3.13. The van der Waals surface area contributed by atoms with E-state index in [0.29, 0.717) is 30.0 Å². The summed E-state index contributed by atoms with van der Waals surface area (Å²) in [4.78, 5) is 28.8. The molecule has 1 aliphatic carbocycles. The second-order valence-corrected chi connectivity index (χ2v) is 9.00. The van der Waals surface area contributed by atoms with Gasteiger partial charge in [-0.1, -0.05) is 0 Å². The predicted octanol–water partition coefficient (Wildman–Crippen LogP) is 1.60. The van der Waals surface area contributed by atoms with Crippen LogP contribution in [0.2, 0.25) is 0 Å². The zero-order valence-electron chi connectivity index (χ0n) is 17.2. The second kappa shape index (κ2) is 8.23. The molecule has 3 heterocycles. The van der Waals surface area contributed by atoms with Crippen LogP contribution < -0.4 is 5.32 Å². The van der Waals surface area contributed by atoms with Crippen molar-refractivity contribution >= 4 is 11.8 Å². The fourth-order valence-electron chi connectivity index (χ4n) is 5.18. The van der Waals surface area contributed by atoms with E-state index in [1.54, 1.807) is 4.90 Å². The Labute approximate surface area is 167 Å². The lowest BCUT2D eigenvalue weighted by atomic mass is 9.78. The first-order valence-electron chi connectivity index (χ1n) is 10.8. The Bertz CT molecular complexity index is 728. The molecule has 0 radical (unpaired) electrons. The first kappa shape index (κ1) is 19.4. The monoisotopic (exact) mass is 387 g/mol. The largest absolute Gasteiger partial charge is 0.349 e. The third kappa shape index (κ3) is 3.95. The number of piperidine rings is 2. The van der Waals surface area contributed by atoms with Crippen LogP contribution in [0.5, 0.6) is 0 Å². The van der Waals surface area contributed by atoms with Gasteiger partial charge in [0.1, 0.15) is 0 Å². The highest BCUT2D eigenvalue weighted by molar-refractivity contribution is 5.94. The molecule has 1 aromatic rings. The van der Waals surface area contributed by atoms with Crippen molar-refractivity contribution in [1.29, 1.82) is 0 Å². The summed E-state index contributed by atoms with van der Waals surface area (Å²) in [6.45, 7) is 2.59. The molecule has 7 heteroatoms. The second-order valence-electron chi connectivity index (χ2n) is 9.00. The number of aromatic amines is 1. The number of hydrogen-bond donors (Lipinski definition) is 2. The summed E-state index contributed by atoms with van der Waals surface area (Å²) in [5.74, 6) is 1.30. The van der Waals surface area contributed by atoms with E-state index in [-0.39, 0.29) is 11.8 Å². The predicted molar refractivity (Wildman–Crippen MR) is 107 cm³/mol. The number of fused-ring (bicyclic) bond motifs is 3. The van der Waals surface area contributed by atoms with Gasteiger partial charge in [-0.2, -0.15) is 5.10 Å². The highest BCUT2D eigenvalue weighted by atomic mass is 16.2. The van der Waals surface area contributed by atoms with Crippen LogP contribution in [0.1, 0.15) is 60.3 Å². The minimum atomic E-state index is 0.109. The van der Waals surface area contributed by atoms with Crippen molar-refractivity contribution < 1.29 is 9.59 Å². The number of aromatic nitrogens is 2. The number of amides is 2. The lowest BCUT2D eigenvalue weighted by molar-refractivity contribution is -0.128. The molecular weight excluding hydrogens is 354 g/mol. The maximum atomic E-state index is 13.2. The van der Waals surface area contributed by atoms with Crippen LogP contribution >= 0.6 is 0 Å². The number of nitrogens with one attached hydrogen (secondary N) is 2. The van der Waals surface area contributed by atoms with Crippen molar-refractivity contribution in [1.82, 2.24) is 25.3 Å². The molecule has 2 aliphatic heterocycles. The summed E-state index contributed by atoms with van der Waals surface area (Å²) >= 11 is 0. The van der Waals surface area contributed by atoms with Crippen LogP contribution in [0.25, 0.3) is 0 Å². The molecule has 2 saturated heterocycles. The van der Waals surface area contributed by atoms with Crippen LogP contribution in [0.15, 0.2) is 0 Å². The summed E-state index contributed by atoms with van der Waals surface area (Å²) in [5.41, 5.74) is 2.98. The smallest absolute Gasteiger partial charge is 0.274 e. The molecule has 1 aromatic heterocycles. The Morgan fingerprint density at radius 3 is 2.86 bits per heavy atom. The number of rotatable bonds is 5. The van der Waals surface area contributed by atoms with E-state index in [0.717, 1.165) is 63.0 Å². The van der Waals surface area contributed by atoms with Gasteiger partial charge in [0.25, 0.3) is 5.91 Å². The van der Waals surface area contributed by atoms with E-state index in [4.69, 9.17) is 0 Å². The number of carbonyl (C=O) groups is 2. The molecular formula is C21H33N5O2. The van der Waals surface area contributed by atoms with E-state index >= 15 is 0 Å². The fourth-order valence-corrected chi connectivity index (χ4v) is 5.18. The molecule has 0 saturated carbocycles. The molecule has 0 aromatic carbocycles. The standard InChI is InChI=1S/C21H33N5O2/c1-25(2)19(27)9-5-8-17-15-10-14(11-22-17)12-26(13-15)21(28)20-16-6-3-4-7-18(16)23-24-20/h14-15,17,22H,3-13H2,1-2H3,(H,23,24)/t14-,15+,17+/m0/s1. The van der Waals surface area contributed by atoms with Gasteiger partial charge in [-0.3, -0.25) is 14.7 Å². The lowest BCUT2D eigenvalue weighted by Crippen LogP contribution is -2.57. The van der Waals surface area contributed by atoms with Gasteiger partial charge in [-0.25, -0.2) is 0 Å². The van der Waals surface area contributed by atoms with Crippen LogP contribution in [-0.4, -0.2) is 71.6 Å². The number of hydrogen-bond acceptors (Lipinski definition) is 4. The number of likely N-dealkylation sites (tertiary alicyclic amines) is 1. The van der Waals surface area contributed by atoms with Crippen molar-refractivity contribution in [3.8, 4) is 0 Å². The first-order valence-corrected chi connectivity index (χ1v) is 10.8. The molecule has 2 bridgehead atoms. The lowest BCUT2D eigenvalue weighted by Gasteiger charge is -2.46. The van der Waals surface area contributed by atoms with Crippen molar-refractivity contribution in [2.24, 2.45) is 11.8 Å². The Morgan fingerprint density at radius 2 is 2.04 bits per heavy atom. The number of H-pyrrole nitrogens is 1. The zero-order chi connectivity index (χ0) is 19.7. The topological polar surface area (TPSA) is 81.3 Å². The summed E-state index contributed by atoms with van der Waals surface area (Å²) in [7, 11) is 3.62. The van der Waals surface area contributed by atoms with Crippen molar-refractivity contribution in [2.75, 3.05) is 33.7 Å². The molecule has 2 amide bonds. The van der Waals surface area contributed by atoms with Crippen LogP contribution in [-0.2, 0) is 17.6 Å². The van der Waals surface area contributed by atoms with Gasteiger partial charge in [0.2, 0.25) is 5.91 Å². The minimum Gasteiger partial charge on any atom is -0.349 e. The Balaban J connectivity index is 1.38. The van der Waals surface area contributed by atoms with Gasteiger partial charge in [0, 0.05) is 50.9 Å². The summed E-state index contributed by atoms with van der Waals surface area (Å²) in [6.07, 6.45) is 7.99. The van der Waals surface area contributed by atoms with E-state index in [9.17, 15) is 9.59 Å². The molecule has 7 nitrogen and oxygen atoms in total. The minimum absolute atomic E-state index is 0.109. The third-order valence-corrected chi connectivity index (χ3v) is 6.76. The van der Waals surface area contributed by atoms with Gasteiger partial charge >= 0.3 is 0 Å². The zero-order valence-corrected chi connectivity index (χ0v) is 17.2. The molecule has 154 valence electrons. The number of aryl methyl sites for hydroxylation is 1. The molecule has 3 aliphatic rings. The molecule has 2 N–H and O–H groups in total.